The lowest BCUT2D eigenvalue weighted by Crippen LogP contribution is -2.32. The van der Waals surface area contributed by atoms with Crippen LogP contribution in [0.1, 0.15) is 47.7 Å². The minimum absolute atomic E-state index is 0.0751. The van der Waals surface area contributed by atoms with Gasteiger partial charge < -0.3 is 10.6 Å². The maximum atomic E-state index is 13.7. The Bertz CT molecular complexity index is 1820. The molecule has 3 heterocycles. The number of aliphatic imine (C=N–C) groups is 1. The van der Waals surface area contributed by atoms with Gasteiger partial charge >= 0.3 is 0 Å². The van der Waals surface area contributed by atoms with Crippen molar-refractivity contribution in [2.75, 3.05) is 4.90 Å². The topological polar surface area (TPSA) is 72.3 Å². The molecule has 2 atom stereocenters. The van der Waals surface area contributed by atoms with Gasteiger partial charge in [0.25, 0.3) is 0 Å². The van der Waals surface area contributed by atoms with Crippen LogP contribution in [0.2, 0.25) is 0 Å². The second-order valence-corrected chi connectivity index (χ2v) is 9.93. The Hall–Kier alpha value is -5.04. The molecule has 1 aliphatic heterocycles. The fraction of sp³-hybridized carbons (Fsp3) is 0.121. The van der Waals surface area contributed by atoms with E-state index in [-0.39, 0.29) is 17.8 Å². The molecule has 7 rings (SSSR count). The number of nitrogens with zero attached hydrogens (tertiary/aromatic N) is 5. The van der Waals surface area contributed by atoms with Gasteiger partial charge in [0.2, 0.25) is 11.9 Å². The summed E-state index contributed by atoms with van der Waals surface area (Å²) in [6.45, 7) is 2.05. The first-order valence-electron chi connectivity index (χ1n) is 13.4. The van der Waals surface area contributed by atoms with E-state index in [1.54, 1.807) is 24.5 Å². The van der Waals surface area contributed by atoms with Gasteiger partial charge in [-0.3, -0.25) is 4.57 Å². The first-order valence-corrected chi connectivity index (χ1v) is 13.4. The number of halogens is 1. The Morgan fingerprint density at radius 1 is 0.975 bits per heavy atom. The fourth-order valence-corrected chi connectivity index (χ4v) is 6.03. The van der Waals surface area contributed by atoms with Crippen molar-refractivity contribution in [2.45, 2.75) is 25.3 Å². The lowest BCUT2D eigenvalue weighted by atomic mass is 9.86. The average molecular weight is 527 g/mol. The summed E-state index contributed by atoms with van der Waals surface area (Å²) < 4.78 is 15.8. The second kappa shape index (κ2) is 9.61. The van der Waals surface area contributed by atoms with Crippen molar-refractivity contribution in [1.82, 2.24) is 14.5 Å². The quantitative estimate of drug-likeness (QED) is 0.199. The summed E-state index contributed by atoms with van der Waals surface area (Å²) in [6, 6.07) is 24.7. The molecular formula is C33H27FN6. The van der Waals surface area contributed by atoms with Gasteiger partial charge in [0.15, 0.2) is 0 Å². The number of rotatable bonds is 4. The zero-order chi connectivity index (χ0) is 27.2. The molecule has 5 aromatic rings. The molecule has 196 valence electrons. The van der Waals surface area contributed by atoms with E-state index in [2.05, 4.69) is 61.9 Å². The van der Waals surface area contributed by atoms with Gasteiger partial charge in [0.1, 0.15) is 5.82 Å². The van der Waals surface area contributed by atoms with Crippen molar-refractivity contribution in [3.05, 3.63) is 132 Å². The number of anilines is 2. The number of aromatic nitrogens is 3. The summed E-state index contributed by atoms with van der Waals surface area (Å²) in [7, 11) is 0. The molecule has 0 saturated carbocycles. The van der Waals surface area contributed by atoms with Crippen LogP contribution in [-0.4, -0.2) is 20.5 Å². The molecule has 2 unspecified atom stereocenters. The third-order valence-corrected chi connectivity index (χ3v) is 7.65. The molecule has 40 heavy (non-hydrogen) atoms. The molecule has 3 aromatic carbocycles. The Kier molecular flexibility index (Phi) is 5.77. The van der Waals surface area contributed by atoms with Crippen LogP contribution in [0.3, 0.4) is 0 Å². The largest absolute Gasteiger partial charge is 0.369 e. The highest BCUT2D eigenvalue weighted by atomic mass is 19.1. The fourth-order valence-electron chi connectivity index (χ4n) is 6.03. The molecule has 1 aliphatic carbocycles. The van der Waals surface area contributed by atoms with E-state index in [0.717, 1.165) is 39.8 Å². The van der Waals surface area contributed by atoms with Crippen molar-refractivity contribution >= 4 is 40.3 Å². The highest BCUT2D eigenvalue weighted by Gasteiger charge is 2.45. The molecule has 0 amide bonds. The lowest BCUT2D eigenvalue weighted by Gasteiger charge is -2.31. The van der Waals surface area contributed by atoms with E-state index in [1.165, 1.54) is 17.7 Å². The van der Waals surface area contributed by atoms with Crippen LogP contribution in [0.4, 0.5) is 16.0 Å². The van der Waals surface area contributed by atoms with Crippen molar-refractivity contribution in [3.8, 4) is 0 Å². The number of para-hydroxylation sites is 2. The predicted molar refractivity (Wildman–Crippen MR) is 159 cm³/mol. The number of fused-ring (bicyclic) bond motifs is 7. The van der Waals surface area contributed by atoms with Crippen LogP contribution in [-0.2, 0) is 0 Å². The maximum absolute atomic E-state index is 13.7. The lowest BCUT2D eigenvalue weighted by molar-refractivity contribution is 0.627. The summed E-state index contributed by atoms with van der Waals surface area (Å²) in [6.07, 6.45) is 10.8. The highest BCUT2D eigenvalue weighted by Crippen LogP contribution is 2.56. The minimum Gasteiger partial charge on any atom is -0.369 e. The highest BCUT2D eigenvalue weighted by molar-refractivity contribution is 6.02. The van der Waals surface area contributed by atoms with Crippen LogP contribution < -0.4 is 10.6 Å². The summed E-state index contributed by atoms with van der Waals surface area (Å²) in [5.41, 5.74) is 13.8. The monoisotopic (exact) mass is 526 g/mol. The summed E-state index contributed by atoms with van der Waals surface area (Å²) in [4.78, 5) is 16.5. The van der Waals surface area contributed by atoms with Gasteiger partial charge in [-0.2, -0.15) is 0 Å². The molecule has 7 heteroatoms. The van der Waals surface area contributed by atoms with Crippen LogP contribution in [0.5, 0.6) is 0 Å². The van der Waals surface area contributed by atoms with Crippen LogP contribution in [0.15, 0.2) is 108 Å². The van der Waals surface area contributed by atoms with E-state index in [4.69, 9.17) is 10.7 Å². The Labute approximate surface area is 231 Å². The first kappa shape index (κ1) is 24.0. The molecule has 2 N–H and O–H groups in total. The van der Waals surface area contributed by atoms with Crippen LogP contribution >= 0.6 is 0 Å². The van der Waals surface area contributed by atoms with E-state index in [9.17, 15) is 4.39 Å². The normalized spacial score (nSPS) is 18.1. The standard InChI is InChI=1S/C33H27FN6/c1-2-8-27(21-13-15-22(34)16-14-21)38-32(35)39-28-11-5-3-9-23(28)25-17-18-26-24-10-4-6-12-29(24)40(31(26)30(25)39)33-36-19-7-20-37-33/h3-20,26,31H,2H2,1H3,(H2,35,38)/b27-8-. The van der Waals surface area contributed by atoms with Crippen molar-refractivity contribution in [1.29, 1.82) is 0 Å². The Morgan fingerprint density at radius 3 is 2.52 bits per heavy atom. The SMILES string of the molecule is CC/C=C(\N=C(N)n1c2c(c3ccccc31)C=CC1c3ccccc3N(c3ncccn3)C21)c1ccc(F)cc1. The minimum atomic E-state index is -0.288. The first-order chi connectivity index (χ1) is 19.7. The number of hydrogen-bond acceptors (Lipinski definition) is 4. The van der Waals surface area contributed by atoms with E-state index in [1.807, 2.05) is 37.3 Å². The molecule has 6 nitrogen and oxygen atoms in total. The summed E-state index contributed by atoms with van der Waals surface area (Å²) in [5, 5.41) is 1.10. The van der Waals surface area contributed by atoms with E-state index in [0.29, 0.717) is 17.6 Å². The molecule has 0 bridgehead atoms. The maximum Gasteiger partial charge on any atom is 0.230 e. The molecule has 0 spiro atoms. The Morgan fingerprint density at radius 2 is 1.73 bits per heavy atom. The zero-order valence-electron chi connectivity index (χ0n) is 21.9. The molecule has 2 aliphatic rings. The van der Waals surface area contributed by atoms with Gasteiger partial charge in [0.05, 0.1) is 22.9 Å². The van der Waals surface area contributed by atoms with E-state index < -0.39 is 0 Å². The van der Waals surface area contributed by atoms with Crippen molar-refractivity contribution < 1.29 is 4.39 Å². The smallest absolute Gasteiger partial charge is 0.230 e. The van der Waals surface area contributed by atoms with Crippen LogP contribution in [0, 0.1) is 5.82 Å². The van der Waals surface area contributed by atoms with Crippen molar-refractivity contribution in [2.24, 2.45) is 10.7 Å². The van der Waals surface area contributed by atoms with Gasteiger partial charge in [-0.05, 0) is 54.4 Å². The average Bonchev–Trinajstić information content (AvgIpc) is 3.51. The molecule has 0 radical (unpaired) electrons. The predicted octanol–water partition coefficient (Wildman–Crippen LogP) is 7.19. The second-order valence-electron chi connectivity index (χ2n) is 9.93. The van der Waals surface area contributed by atoms with Gasteiger partial charge in [-0.1, -0.05) is 61.5 Å². The molecule has 0 saturated heterocycles. The zero-order valence-corrected chi connectivity index (χ0v) is 21.9. The summed E-state index contributed by atoms with van der Waals surface area (Å²) in [5.74, 6) is 0.768. The van der Waals surface area contributed by atoms with Gasteiger partial charge in [0, 0.05) is 40.5 Å². The number of hydrogen-bond donors (Lipinski definition) is 1. The Balaban J connectivity index is 1.47. The van der Waals surface area contributed by atoms with Crippen LogP contribution in [0.25, 0.3) is 22.7 Å². The number of benzene rings is 3. The third-order valence-electron chi connectivity index (χ3n) is 7.65. The molecule has 2 aromatic heterocycles. The third kappa shape index (κ3) is 3.73. The van der Waals surface area contributed by atoms with Crippen molar-refractivity contribution in [3.63, 3.8) is 0 Å². The molecular weight excluding hydrogens is 499 g/mol. The van der Waals surface area contributed by atoms with Gasteiger partial charge in [-0.25, -0.2) is 19.4 Å². The molecule has 0 fully saturated rings. The number of nitrogens with two attached hydrogens (primary N) is 1. The summed E-state index contributed by atoms with van der Waals surface area (Å²) >= 11 is 0. The number of allylic oxidation sites excluding steroid dienone is 1. The van der Waals surface area contributed by atoms with E-state index >= 15 is 0 Å². The van der Waals surface area contributed by atoms with Gasteiger partial charge in [-0.15, -0.1) is 0 Å².